The van der Waals surface area contributed by atoms with Crippen molar-refractivity contribution >= 4 is 29.4 Å². The summed E-state index contributed by atoms with van der Waals surface area (Å²) < 4.78 is 11.5. The molecule has 1 saturated heterocycles. The first-order valence-electron chi connectivity index (χ1n) is 7.18. The van der Waals surface area contributed by atoms with Crippen molar-refractivity contribution in [3.05, 3.63) is 34.0 Å². The molecule has 0 bridgehead atoms. The number of ether oxygens (including phenoxy) is 1. The van der Waals surface area contributed by atoms with Gasteiger partial charge in [-0.05, 0) is 31.4 Å². The van der Waals surface area contributed by atoms with Crippen LogP contribution in [0.25, 0.3) is 12.2 Å². The van der Waals surface area contributed by atoms with E-state index in [0.29, 0.717) is 30.6 Å². The smallest absolute Gasteiger partial charge is 0.235 e. The zero-order chi connectivity index (χ0) is 15.5. The molecule has 1 aliphatic rings. The highest BCUT2D eigenvalue weighted by Crippen LogP contribution is 2.26. The van der Waals surface area contributed by atoms with Crippen LogP contribution in [0.1, 0.15) is 30.3 Å². The summed E-state index contributed by atoms with van der Waals surface area (Å²) in [6, 6.07) is 6.12. The van der Waals surface area contributed by atoms with E-state index >= 15 is 0 Å². The molecule has 6 heteroatoms. The van der Waals surface area contributed by atoms with Crippen LogP contribution in [0.15, 0.2) is 21.9 Å². The molecule has 2 atom stereocenters. The number of oxazole rings is 1. The zero-order valence-electron chi connectivity index (χ0n) is 12.5. The maximum atomic E-state index is 9.29. The number of rotatable bonds is 3. The highest BCUT2D eigenvalue weighted by Gasteiger charge is 2.27. The van der Waals surface area contributed by atoms with Gasteiger partial charge in [0.15, 0.2) is 0 Å². The highest BCUT2D eigenvalue weighted by molar-refractivity contribution is 7.10. The number of nitriles is 1. The fourth-order valence-corrected chi connectivity index (χ4v) is 3.19. The Hall–Kier alpha value is -2.10. The average Bonchev–Trinajstić information content (AvgIpc) is 3.13. The largest absolute Gasteiger partial charge is 0.420 e. The fourth-order valence-electron chi connectivity index (χ4n) is 2.57. The van der Waals surface area contributed by atoms with Crippen LogP contribution in [0, 0.1) is 11.3 Å². The van der Waals surface area contributed by atoms with E-state index < -0.39 is 0 Å². The molecule has 5 nitrogen and oxygen atoms in total. The Labute approximate surface area is 133 Å². The number of thiophene rings is 1. The van der Waals surface area contributed by atoms with Gasteiger partial charge in [-0.15, -0.1) is 11.3 Å². The van der Waals surface area contributed by atoms with Gasteiger partial charge in [-0.25, -0.2) is 0 Å². The van der Waals surface area contributed by atoms with E-state index in [2.05, 4.69) is 11.1 Å². The van der Waals surface area contributed by atoms with Gasteiger partial charge in [0.2, 0.25) is 17.5 Å². The number of hydrogen-bond donors (Lipinski definition) is 0. The van der Waals surface area contributed by atoms with Crippen LogP contribution in [0.4, 0.5) is 5.88 Å². The molecule has 22 heavy (non-hydrogen) atoms. The van der Waals surface area contributed by atoms with E-state index in [1.165, 1.54) is 0 Å². The molecule has 0 aliphatic carbocycles. The zero-order valence-corrected chi connectivity index (χ0v) is 13.3. The van der Waals surface area contributed by atoms with Crippen LogP contribution in [-0.2, 0) is 4.74 Å². The molecule has 0 radical (unpaired) electrons. The van der Waals surface area contributed by atoms with E-state index in [9.17, 15) is 5.26 Å². The standard InChI is InChI=1S/C16H17N3O2S/c1-11-9-19(10-12(2)20-11)16-14(8-17)18-15(21-16)6-5-13-4-3-7-22-13/h3-7,11-12H,9-10H2,1-2H3. The van der Waals surface area contributed by atoms with Crippen molar-refractivity contribution in [3.63, 3.8) is 0 Å². The lowest BCUT2D eigenvalue weighted by molar-refractivity contribution is -0.00642. The molecule has 0 saturated carbocycles. The first-order valence-corrected chi connectivity index (χ1v) is 8.06. The molecule has 114 valence electrons. The Balaban J connectivity index is 1.84. The SMILES string of the molecule is CC1CN(c2oc(C=Cc3cccs3)nc2C#N)CC(C)O1. The first kappa shape index (κ1) is 14.8. The predicted octanol–water partition coefficient (Wildman–Crippen LogP) is 3.39. The van der Waals surface area contributed by atoms with Gasteiger partial charge in [0.05, 0.1) is 12.2 Å². The van der Waals surface area contributed by atoms with Crippen LogP contribution in [0.3, 0.4) is 0 Å². The molecule has 0 spiro atoms. The van der Waals surface area contributed by atoms with Crippen LogP contribution < -0.4 is 4.90 Å². The van der Waals surface area contributed by atoms with Gasteiger partial charge >= 0.3 is 0 Å². The lowest BCUT2D eigenvalue weighted by Crippen LogP contribution is -2.45. The van der Waals surface area contributed by atoms with Crippen molar-refractivity contribution in [2.24, 2.45) is 0 Å². The van der Waals surface area contributed by atoms with Crippen molar-refractivity contribution in [3.8, 4) is 6.07 Å². The van der Waals surface area contributed by atoms with E-state index in [-0.39, 0.29) is 12.2 Å². The third kappa shape index (κ3) is 3.21. The molecule has 0 amide bonds. The maximum Gasteiger partial charge on any atom is 0.235 e. The Kier molecular flexibility index (Phi) is 4.27. The molecule has 2 unspecified atom stereocenters. The molecule has 0 N–H and O–H groups in total. The fraction of sp³-hybridized carbons (Fsp3) is 0.375. The normalized spacial score (nSPS) is 22.1. The molecule has 3 heterocycles. The average molecular weight is 315 g/mol. The third-order valence-corrected chi connectivity index (χ3v) is 4.21. The number of anilines is 1. The van der Waals surface area contributed by atoms with Crippen molar-refractivity contribution in [2.75, 3.05) is 18.0 Å². The maximum absolute atomic E-state index is 9.29. The molecule has 1 fully saturated rings. The van der Waals surface area contributed by atoms with Gasteiger partial charge < -0.3 is 14.1 Å². The summed E-state index contributed by atoms with van der Waals surface area (Å²) in [6.07, 6.45) is 3.94. The molecule has 1 aliphatic heterocycles. The highest BCUT2D eigenvalue weighted by atomic mass is 32.1. The van der Waals surface area contributed by atoms with Crippen LogP contribution >= 0.6 is 11.3 Å². The van der Waals surface area contributed by atoms with Crippen LogP contribution in [0.5, 0.6) is 0 Å². The van der Waals surface area contributed by atoms with Gasteiger partial charge in [-0.2, -0.15) is 10.2 Å². The Morgan fingerprint density at radius 1 is 1.36 bits per heavy atom. The second-order valence-electron chi connectivity index (χ2n) is 5.33. The summed E-state index contributed by atoms with van der Waals surface area (Å²) in [6.45, 7) is 5.43. The number of hydrogen-bond acceptors (Lipinski definition) is 6. The van der Waals surface area contributed by atoms with Gasteiger partial charge in [-0.3, -0.25) is 0 Å². The second kappa shape index (κ2) is 6.34. The summed E-state index contributed by atoms with van der Waals surface area (Å²) in [5, 5.41) is 11.3. The van der Waals surface area contributed by atoms with Gasteiger partial charge in [0.1, 0.15) is 6.07 Å². The number of nitrogens with zero attached hydrogens (tertiary/aromatic N) is 3. The number of morpholine rings is 1. The lowest BCUT2D eigenvalue weighted by atomic mass is 10.2. The van der Waals surface area contributed by atoms with Gasteiger partial charge in [-0.1, -0.05) is 6.07 Å². The molecule has 0 aromatic carbocycles. The summed E-state index contributed by atoms with van der Waals surface area (Å²) in [5.41, 5.74) is 0.326. The van der Waals surface area contributed by atoms with Crippen molar-refractivity contribution in [2.45, 2.75) is 26.1 Å². The van der Waals surface area contributed by atoms with Gasteiger partial charge in [0.25, 0.3) is 0 Å². The van der Waals surface area contributed by atoms with E-state index in [4.69, 9.17) is 9.15 Å². The Morgan fingerprint density at radius 2 is 2.14 bits per heavy atom. The minimum atomic E-state index is 0.102. The van der Waals surface area contributed by atoms with Crippen molar-refractivity contribution < 1.29 is 9.15 Å². The lowest BCUT2D eigenvalue weighted by Gasteiger charge is -2.34. The van der Waals surface area contributed by atoms with E-state index in [1.54, 1.807) is 17.4 Å². The minimum Gasteiger partial charge on any atom is -0.420 e. The summed E-state index contributed by atoms with van der Waals surface area (Å²) in [4.78, 5) is 7.41. The summed E-state index contributed by atoms with van der Waals surface area (Å²) in [7, 11) is 0. The first-order chi connectivity index (χ1) is 10.7. The molecular formula is C16H17N3O2S. The van der Waals surface area contributed by atoms with E-state index in [1.807, 2.05) is 42.3 Å². The second-order valence-corrected chi connectivity index (χ2v) is 6.31. The Bertz CT molecular complexity index is 690. The molecule has 3 rings (SSSR count). The molecule has 2 aromatic rings. The monoisotopic (exact) mass is 315 g/mol. The predicted molar refractivity (Wildman–Crippen MR) is 86.7 cm³/mol. The third-order valence-electron chi connectivity index (χ3n) is 3.37. The van der Waals surface area contributed by atoms with Crippen molar-refractivity contribution in [1.82, 2.24) is 4.98 Å². The van der Waals surface area contributed by atoms with E-state index in [0.717, 1.165) is 4.88 Å². The van der Waals surface area contributed by atoms with Crippen LogP contribution in [0.2, 0.25) is 0 Å². The minimum absolute atomic E-state index is 0.102. The topological polar surface area (TPSA) is 62.3 Å². The van der Waals surface area contributed by atoms with Crippen molar-refractivity contribution in [1.29, 1.82) is 5.26 Å². The summed E-state index contributed by atoms with van der Waals surface area (Å²) >= 11 is 1.64. The quantitative estimate of drug-likeness (QED) is 0.868. The van der Waals surface area contributed by atoms with Crippen LogP contribution in [-0.4, -0.2) is 30.3 Å². The summed E-state index contributed by atoms with van der Waals surface area (Å²) in [5.74, 6) is 0.988. The molecule has 2 aromatic heterocycles. The Morgan fingerprint density at radius 3 is 2.77 bits per heavy atom. The number of aromatic nitrogens is 1. The molecular weight excluding hydrogens is 298 g/mol. The van der Waals surface area contributed by atoms with Gasteiger partial charge in [0, 0.05) is 24.0 Å².